The maximum Gasteiger partial charge on any atom is 0.243 e. The summed E-state index contributed by atoms with van der Waals surface area (Å²) in [4.78, 5) is 20.0. The third-order valence-electron chi connectivity index (χ3n) is 6.70. The zero-order valence-corrected chi connectivity index (χ0v) is 20.3. The Morgan fingerprint density at radius 1 is 1.09 bits per heavy atom. The monoisotopic (exact) mass is 482 g/mol. The molecule has 2 aromatic carbocycles. The molecule has 1 saturated heterocycles. The van der Waals surface area contributed by atoms with E-state index in [4.69, 9.17) is 9.72 Å². The highest BCUT2D eigenvalue weighted by atomic mass is 32.2. The highest BCUT2D eigenvalue weighted by Crippen LogP contribution is 2.28. The molecule has 34 heavy (non-hydrogen) atoms. The average Bonchev–Trinajstić information content (AvgIpc) is 3.24. The lowest BCUT2D eigenvalue weighted by molar-refractivity contribution is -0.118. The lowest BCUT2D eigenvalue weighted by Gasteiger charge is -2.29. The quantitative estimate of drug-likeness (QED) is 0.539. The first-order valence-electron chi connectivity index (χ1n) is 11.9. The fourth-order valence-corrected chi connectivity index (χ4v) is 6.37. The molecule has 1 aromatic heterocycles. The summed E-state index contributed by atoms with van der Waals surface area (Å²) in [7, 11) is -3.59. The van der Waals surface area contributed by atoms with Crippen molar-refractivity contribution in [3.05, 3.63) is 53.9 Å². The van der Waals surface area contributed by atoms with Crippen LogP contribution in [-0.2, 0) is 38.9 Å². The normalized spacial score (nSPS) is 17.1. The van der Waals surface area contributed by atoms with Crippen molar-refractivity contribution < 1.29 is 17.9 Å². The first-order valence-corrected chi connectivity index (χ1v) is 13.4. The Morgan fingerprint density at radius 3 is 2.68 bits per heavy atom. The van der Waals surface area contributed by atoms with Crippen LogP contribution < -0.4 is 4.90 Å². The van der Waals surface area contributed by atoms with Crippen LogP contribution in [-0.4, -0.2) is 61.0 Å². The smallest absolute Gasteiger partial charge is 0.243 e. The second-order valence-corrected chi connectivity index (χ2v) is 10.7. The molecule has 3 aromatic rings. The maximum atomic E-state index is 13.1. The molecule has 1 fully saturated rings. The van der Waals surface area contributed by atoms with E-state index in [1.54, 1.807) is 12.1 Å². The number of carbonyl (C=O) groups excluding carboxylic acids is 1. The predicted octanol–water partition coefficient (Wildman–Crippen LogP) is 2.99. The van der Waals surface area contributed by atoms with Crippen molar-refractivity contribution in [3.63, 3.8) is 0 Å². The number of benzene rings is 2. The van der Waals surface area contributed by atoms with Crippen LogP contribution in [0.5, 0.6) is 0 Å². The number of morpholine rings is 1. The van der Waals surface area contributed by atoms with E-state index in [1.165, 1.54) is 9.87 Å². The Bertz CT molecular complexity index is 1310. The van der Waals surface area contributed by atoms with Crippen LogP contribution in [0.25, 0.3) is 11.0 Å². The minimum Gasteiger partial charge on any atom is -0.379 e. The summed E-state index contributed by atoms with van der Waals surface area (Å²) in [6, 6.07) is 13.2. The van der Waals surface area contributed by atoms with Crippen LogP contribution in [0.2, 0.25) is 0 Å². The largest absolute Gasteiger partial charge is 0.379 e. The number of amides is 1. The zero-order valence-electron chi connectivity index (χ0n) is 19.4. The third kappa shape index (κ3) is 4.23. The van der Waals surface area contributed by atoms with E-state index < -0.39 is 10.0 Å². The Labute approximate surface area is 200 Å². The molecular weight excluding hydrogens is 452 g/mol. The topological polar surface area (TPSA) is 84.7 Å². The Morgan fingerprint density at radius 2 is 1.88 bits per heavy atom. The second-order valence-electron chi connectivity index (χ2n) is 8.72. The minimum atomic E-state index is -3.59. The standard InChI is InChI=1S/C25H30N4O4S/c1-2-28-23-10-9-20(34(31,32)27-14-16-33-17-15-27)18-21(23)26-24(28)11-12-25(30)29-13-5-7-19-6-3-4-8-22(19)29/h3-4,6,8-10,18H,2,5,7,11-17H2,1H3. The molecule has 0 aliphatic carbocycles. The van der Waals surface area contributed by atoms with Crippen LogP contribution >= 0.6 is 0 Å². The van der Waals surface area contributed by atoms with E-state index in [0.717, 1.165) is 36.4 Å². The SMILES string of the molecule is CCn1c(CCC(=O)N2CCCc3ccccc32)nc2cc(S(=O)(=O)N3CCOCC3)ccc21. The van der Waals surface area contributed by atoms with Gasteiger partial charge >= 0.3 is 0 Å². The molecule has 1 amide bonds. The van der Waals surface area contributed by atoms with Gasteiger partial charge in [-0.1, -0.05) is 18.2 Å². The van der Waals surface area contributed by atoms with Crippen molar-refractivity contribution in [1.82, 2.24) is 13.9 Å². The molecule has 3 heterocycles. The molecule has 0 atom stereocenters. The summed E-state index contributed by atoms with van der Waals surface area (Å²) < 4.78 is 35.0. The highest BCUT2D eigenvalue weighted by Gasteiger charge is 2.27. The van der Waals surface area contributed by atoms with Crippen LogP contribution in [0.4, 0.5) is 5.69 Å². The van der Waals surface area contributed by atoms with Crippen LogP contribution in [0.3, 0.4) is 0 Å². The van der Waals surface area contributed by atoms with Gasteiger partial charge in [-0.15, -0.1) is 0 Å². The average molecular weight is 483 g/mol. The van der Waals surface area contributed by atoms with Crippen molar-refractivity contribution in [2.45, 2.75) is 44.0 Å². The van der Waals surface area contributed by atoms with E-state index in [2.05, 4.69) is 10.6 Å². The van der Waals surface area contributed by atoms with Gasteiger partial charge in [-0.3, -0.25) is 4.79 Å². The van der Waals surface area contributed by atoms with Crippen molar-refractivity contribution in [2.75, 3.05) is 37.7 Å². The fourth-order valence-electron chi connectivity index (χ4n) is 4.95. The second kappa shape index (κ2) is 9.48. The number of hydrogen-bond acceptors (Lipinski definition) is 5. The molecule has 180 valence electrons. The number of hydrogen-bond donors (Lipinski definition) is 0. The Hall–Kier alpha value is -2.75. The minimum absolute atomic E-state index is 0.0949. The third-order valence-corrected chi connectivity index (χ3v) is 8.59. The Kier molecular flexibility index (Phi) is 6.42. The summed E-state index contributed by atoms with van der Waals surface area (Å²) >= 11 is 0. The van der Waals surface area contributed by atoms with Crippen LogP contribution in [0, 0.1) is 0 Å². The lowest BCUT2D eigenvalue weighted by Crippen LogP contribution is -2.40. The number of para-hydroxylation sites is 1. The number of ether oxygens (including phenoxy) is 1. The van der Waals surface area contributed by atoms with Gasteiger partial charge in [0.2, 0.25) is 15.9 Å². The molecule has 2 aliphatic heterocycles. The maximum absolute atomic E-state index is 13.1. The van der Waals surface area contributed by atoms with Crippen molar-refractivity contribution in [3.8, 4) is 0 Å². The van der Waals surface area contributed by atoms with Gasteiger partial charge in [0, 0.05) is 44.7 Å². The van der Waals surface area contributed by atoms with Gasteiger partial charge in [-0.05, 0) is 49.6 Å². The molecule has 0 N–H and O–H groups in total. The Balaban J connectivity index is 1.37. The van der Waals surface area contributed by atoms with Gasteiger partial charge in [0.05, 0.1) is 29.1 Å². The lowest BCUT2D eigenvalue weighted by atomic mass is 10.0. The fraction of sp³-hybridized carbons (Fsp3) is 0.440. The number of carbonyl (C=O) groups is 1. The number of aryl methyl sites for hydroxylation is 3. The molecule has 0 radical (unpaired) electrons. The number of sulfonamides is 1. The number of aromatic nitrogens is 2. The molecule has 0 saturated carbocycles. The van der Waals surface area contributed by atoms with Gasteiger partial charge in [0.25, 0.3) is 0 Å². The zero-order chi connectivity index (χ0) is 23.7. The molecule has 2 aliphatic rings. The number of anilines is 1. The number of rotatable bonds is 6. The van der Waals surface area contributed by atoms with Gasteiger partial charge < -0.3 is 14.2 Å². The van der Waals surface area contributed by atoms with Gasteiger partial charge in [0.15, 0.2) is 0 Å². The predicted molar refractivity (Wildman–Crippen MR) is 130 cm³/mol. The molecule has 5 rings (SSSR count). The van der Waals surface area contributed by atoms with Crippen molar-refractivity contribution in [2.24, 2.45) is 0 Å². The number of imidazole rings is 1. The molecule has 0 spiro atoms. The summed E-state index contributed by atoms with van der Waals surface area (Å²) in [6.07, 6.45) is 2.83. The van der Waals surface area contributed by atoms with E-state index in [1.807, 2.05) is 36.1 Å². The molecule has 9 heteroatoms. The first kappa shape index (κ1) is 23.0. The summed E-state index contributed by atoms with van der Waals surface area (Å²) in [5.74, 6) is 0.898. The molecule has 0 bridgehead atoms. The van der Waals surface area contributed by atoms with Gasteiger partial charge in [0.1, 0.15) is 5.82 Å². The van der Waals surface area contributed by atoms with Crippen molar-refractivity contribution >= 4 is 32.7 Å². The van der Waals surface area contributed by atoms with E-state index in [-0.39, 0.29) is 10.8 Å². The van der Waals surface area contributed by atoms with Gasteiger partial charge in [-0.2, -0.15) is 4.31 Å². The summed E-state index contributed by atoms with van der Waals surface area (Å²) in [5.41, 5.74) is 3.76. The summed E-state index contributed by atoms with van der Waals surface area (Å²) in [5, 5.41) is 0. The number of nitrogens with zero attached hydrogens (tertiary/aromatic N) is 4. The van der Waals surface area contributed by atoms with Crippen LogP contribution in [0.1, 0.15) is 31.2 Å². The molecular formula is C25H30N4O4S. The van der Waals surface area contributed by atoms with E-state index in [9.17, 15) is 13.2 Å². The number of fused-ring (bicyclic) bond motifs is 2. The van der Waals surface area contributed by atoms with Crippen LogP contribution in [0.15, 0.2) is 47.4 Å². The first-order chi connectivity index (χ1) is 16.5. The van der Waals surface area contributed by atoms with Crippen molar-refractivity contribution in [1.29, 1.82) is 0 Å². The summed E-state index contributed by atoms with van der Waals surface area (Å²) in [6.45, 7) is 5.00. The van der Waals surface area contributed by atoms with E-state index in [0.29, 0.717) is 51.2 Å². The highest BCUT2D eigenvalue weighted by molar-refractivity contribution is 7.89. The molecule has 0 unspecified atom stereocenters. The van der Waals surface area contributed by atoms with Gasteiger partial charge in [-0.25, -0.2) is 13.4 Å². The van der Waals surface area contributed by atoms with E-state index >= 15 is 0 Å². The molecule has 8 nitrogen and oxygen atoms in total.